The number of hydrogen-bond acceptors (Lipinski definition) is 2. The number of hydrogen-bond donors (Lipinski definition) is 1. The minimum atomic E-state index is -0.847. The van der Waals surface area contributed by atoms with Crippen LogP contribution in [-0.4, -0.2) is 33.6 Å². The summed E-state index contributed by atoms with van der Waals surface area (Å²) >= 11 is 0. The molecule has 0 amide bonds. The summed E-state index contributed by atoms with van der Waals surface area (Å²) in [5.74, 6) is -0.847. The van der Waals surface area contributed by atoms with Crippen molar-refractivity contribution in [2.24, 2.45) is 0 Å². The number of aromatic nitrogens is 1. The molecule has 0 spiro atoms. The van der Waals surface area contributed by atoms with Crippen molar-refractivity contribution in [2.75, 3.05) is 13.1 Å². The Balaban J connectivity index is 1.71. The van der Waals surface area contributed by atoms with E-state index < -0.39 is 5.97 Å². The van der Waals surface area contributed by atoms with Gasteiger partial charge < -0.3 is 9.67 Å². The average molecular weight is 284 g/mol. The number of rotatable bonds is 4. The molecule has 4 heteroatoms. The summed E-state index contributed by atoms with van der Waals surface area (Å²) in [6.07, 6.45) is 4.04. The summed E-state index contributed by atoms with van der Waals surface area (Å²) in [6.45, 7) is 2.92. The van der Waals surface area contributed by atoms with Crippen LogP contribution in [0.4, 0.5) is 0 Å². The summed E-state index contributed by atoms with van der Waals surface area (Å²) in [5, 5.41) is 9.25. The molecule has 110 valence electrons. The van der Waals surface area contributed by atoms with E-state index in [4.69, 9.17) is 0 Å². The molecule has 2 heterocycles. The first-order chi connectivity index (χ1) is 10.2. The molecule has 1 unspecified atom stereocenters. The zero-order valence-electron chi connectivity index (χ0n) is 12.0. The normalized spacial score (nSPS) is 19.5. The molecule has 3 rings (SSSR count). The molecule has 0 radical (unpaired) electrons. The fraction of sp³-hybridized carbons (Fsp3) is 0.353. The van der Waals surface area contributed by atoms with E-state index in [1.807, 2.05) is 22.9 Å². The van der Waals surface area contributed by atoms with Crippen molar-refractivity contribution in [2.45, 2.75) is 25.4 Å². The molecule has 1 fully saturated rings. The second-order valence-corrected chi connectivity index (χ2v) is 5.62. The molecule has 21 heavy (non-hydrogen) atoms. The molecule has 0 aliphatic carbocycles. The van der Waals surface area contributed by atoms with Crippen molar-refractivity contribution in [1.82, 2.24) is 9.47 Å². The van der Waals surface area contributed by atoms with Gasteiger partial charge >= 0.3 is 5.97 Å². The fourth-order valence-corrected chi connectivity index (χ4v) is 3.14. The van der Waals surface area contributed by atoms with E-state index in [1.54, 1.807) is 6.07 Å². The summed E-state index contributed by atoms with van der Waals surface area (Å²) in [7, 11) is 0. The van der Waals surface area contributed by atoms with Gasteiger partial charge in [0.1, 0.15) is 5.69 Å². The van der Waals surface area contributed by atoms with Crippen LogP contribution in [0.15, 0.2) is 48.7 Å². The Morgan fingerprint density at radius 1 is 1.19 bits per heavy atom. The quantitative estimate of drug-likeness (QED) is 0.938. The summed E-state index contributed by atoms with van der Waals surface area (Å²) in [5.41, 5.74) is 1.70. The van der Waals surface area contributed by atoms with E-state index in [0.29, 0.717) is 5.69 Å². The summed E-state index contributed by atoms with van der Waals surface area (Å²) < 4.78 is 1.92. The number of piperidine rings is 1. The maximum Gasteiger partial charge on any atom is 0.352 e. The van der Waals surface area contributed by atoms with Crippen molar-refractivity contribution in [1.29, 1.82) is 0 Å². The number of likely N-dealkylation sites (tertiary alicyclic amines) is 1. The highest BCUT2D eigenvalue weighted by Crippen LogP contribution is 2.24. The third-order valence-electron chi connectivity index (χ3n) is 4.12. The van der Waals surface area contributed by atoms with Crippen LogP contribution in [0.3, 0.4) is 0 Å². The molecule has 1 aliphatic rings. The van der Waals surface area contributed by atoms with Crippen LogP contribution in [0.2, 0.25) is 0 Å². The van der Waals surface area contributed by atoms with Gasteiger partial charge in [-0.15, -0.1) is 0 Å². The zero-order chi connectivity index (χ0) is 14.7. The van der Waals surface area contributed by atoms with Crippen LogP contribution in [0.1, 0.15) is 34.9 Å². The Morgan fingerprint density at radius 2 is 2.00 bits per heavy atom. The first kappa shape index (κ1) is 13.9. The monoisotopic (exact) mass is 284 g/mol. The van der Waals surface area contributed by atoms with Crippen LogP contribution in [0.5, 0.6) is 0 Å². The van der Waals surface area contributed by atoms with Gasteiger partial charge in [-0.3, -0.25) is 4.90 Å². The first-order valence-corrected chi connectivity index (χ1v) is 7.40. The summed E-state index contributed by atoms with van der Waals surface area (Å²) in [4.78, 5) is 13.7. The van der Waals surface area contributed by atoms with E-state index in [2.05, 4.69) is 29.2 Å². The third-order valence-corrected chi connectivity index (χ3v) is 4.12. The molecule has 2 aromatic rings. The van der Waals surface area contributed by atoms with Gasteiger partial charge in [-0.25, -0.2) is 4.79 Å². The average Bonchev–Trinajstić information content (AvgIpc) is 2.98. The van der Waals surface area contributed by atoms with Gasteiger partial charge in [0.25, 0.3) is 0 Å². The highest BCUT2D eigenvalue weighted by atomic mass is 16.4. The Hall–Kier alpha value is -2.07. The van der Waals surface area contributed by atoms with Crippen molar-refractivity contribution >= 4 is 5.97 Å². The van der Waals surface area contributed by atoms with Crippen LogP contribution < -0.4 is 0 Å². The smallest absolute Gasteiger partial charge is 0.352 e. The SMILES string of the molecule is O=C(O)c1cccn1C1CCCN(Cc2ccccc2)C1. The lowest BCUT2D eigenvalue weighted by molar-refractivity contribution is 0.0676. The summed E-state index contributed by atoms with van der Waals surface area (Å²) in [6, 6.07) is 14.2. The lowest BCUT2D eigenvalue weighted by atomic mass is 10.0. The van der Waals surface area contributed by atoms with E-state index in [0.717, 1.165) is 32.5 Å². The Kier molecular flexibility index (Phi) is 4.06. The van der Waals surface area contributed by atoms with Crippen molar-refractivity contribution in [3.8, 4) is 0 Å². The van der Waals surface area contributed by atoms with Crippen LogP contribution in [0, 0.1) is 0 Å². The van der Waals surface area contributed by atoms with Gasteiger partial charge in [-0.1, -0.05) is 30.3 Å². The Morgan fingerprint density at radius 3 is 2.76 bits per heavy atom. The largest absolute Gasteiger partial charge is 0.477 e. The van der Waals surface area contributed by atoms with Gasteiger partial charge in [-0.05, 0) is 37.1 Å². The second-order valence-electron chi connectivity index (χ2n) is 5.62. The molecule has 1 N–H and O–H groups in total. The Labute approximate surface area is 124 Å². The lowest BCUT2D eigenvalue weighted by Crippen LogP contribution is -2.36. The zero-order valence-corrected chi connectivity index (χ0v) is 12.0. The van der Waals surface area contributed by atoms with Gasteiger partial charge in [0, 0.05) is 25.3 Å². The van der Waals surface area contributed by atoms with Crippen molar-refractivity contribution in [3.05, 3.63) is 59.9 Å². The maximum absolute atomic E-state index is 11.3. The van der Waals surface area contributed by atoms with E-state index in [9.17, 15) is 9.90 Å². The van der Waals surface area contributed by atoms with Crippen LogP contribution >= 0.6 is 0 Å². The molecule has 1 aliphatic heterocycles. The fourth-order valence-electron chi connectivity index (χ4n) is 3.14. The van der Waals surface area contributed by atoms with Crippen molar-refractivity contribution in [3.63, 3.8) is 0 Å². The number of carboxylic acids is 1. The first-order valence-electron chi connectivity index (χ1n) is 7.40. The second kappa shape index (κ2) is 6.14. The number of nitrogens with zero attached hydrogens (tertiary/aromatic N) is 2. The van der Waals surface area contributed by atoms with Gasteiger partial charge in [0.2, 0.25) is 0 Å². The number of benzene rings is 1. The molecular weight excluding hydrogens is 264 g/mol. The molecule has 0 saturated carbocycles. The van der Waals surface area contributed by atoms with Gasteiger partial charge in [0.05, 0.1) is 0 Å². The molecular formula is C17H20N2O2. The van der Waals surface area contributed by atoms with E-state index in [-0.39, 0.29) is 6.04 Å². The standard InChI is InChI=1S/C17H20N2O2/c20-17(21)16-9-5-11-19(16)15-8-4-10-18(13-15)12-14-6-2-1-3-7-14/h1-3,5-7,9,11,15H,4,8,10,12-13H2,(H,20,21). The van der Waals surface area contributed by atoms with E-state index in [1.165, 1.54) is 5.56 Å². The van der Waals surface area contributed by atoms with Crippen LogP contribution in [0.25, 0.3) is 0 Å². The van der Waals surface area contributed by atoms with Crippen molar-refractivity contribution < 1.29 is 9.90 Å². The minimum absolute atomic E-state index is 0.253. The minimum Gasteiger partial charge on any atom is -0.477 e. The van der Waals surface area contributed by atoms with Gasteiger partial charge in [-0.2, -0.15) is 0 Å². The third kappa shape index (κ3) is 3.16. The van der Waals surface area contributed by atoms with Gasteiger partial charge in [0.15, 0.2) is 0 Å². The van der Waals surface area contributed by atoms with Crippen LogP contribution in [-0.2, 0) is 6.54 Å². The molecule has 1 atom stereocenters. The number of aromatic carboxylic acids is 1. The van der Waals surface area contributed by atoms with E-state index >= 15 is 0 Å². The highest BCUT2D eigenvalue weighted by molar-refractivity contribution is 5.85. The molecule has 1 saturated heterocycles. The molecule has 0 bridgehead atoms. The maximum atomic E-state index is 11.3. The number of carbonyl (C=O) groups is 1. The topological polar surface area (TPSA) is 45.5 Å². The highest BCUT2D eigenvalue weighted by Gasteiger charge is 2.23. The molecule has 4 nitrogen and oxygen atoms in total. The molecule has 1 aromatic carbocycles. The predicted octanol–water partition coefficient (Wildman–Crippen LogP) is 3.02. The Bertz CT molecular complexity index is 606. The lowest BCUT2D eigenvalue weighted by Gasteiger charge is -2.34. The molecule has 1 aromatic heterocycles. The predicted molar refractivity (Wildman–Crippen MR) is 81.4 cm³/mol. The number of carboxylic acid groups (broad SMARTS) is 1.